The lowest BCUT2D eigenvalue weighted by atomic mass is 10.1. The molecule has 0 aliphatic rings. The van der Waals surface area contributed by atoms with Crippen molar-refractivity contribution in [2.45, 2.75) is 33.1 Å². The second kappa shape index (κ2) is 4.66. The van der Waals surface area contributed by atoms with Gasteiger partial charge in [0.2, 0.25) is 0 Å². The Kier molecular flexibility index (Phi) is 3.51. The topological polar surface area (TPSA) is 52.5 Å². The van der Waals surface area contributed by atoms with Crippen LogP contribution in [0.1, 0.15) is 31.8 Å². The van der Waals surface area contributed by atoms with E-state index >= 15 is 0 Å². The van der Waals surface area contributed by atoms with Crippen LogP contribution in [-0.2, 0) is 12.8 Å². The van der Waals surface area contributed by atoms with Gasteiger partial charge in [-0.3, -0.25) is 0 Å². The molecule has 0 unspecified atom stereocenters. The zero-order valence-corrected chi connectivity index (χ0v) is 8.17. The van der Waals surface area contributed by atoms with Crippen molar-refractivity contribution >= 4 is 0 Å². The molecular formula is C10H15N3. The Balaban J connectivity index is 2.49. The maximum atomic E-state index is 8.39. The van der Waals surface area contributed by atoms with Crippen molar-refractivity contribution < 1.29 is 0 Å². The van der Waals surface area contributed by atoms with E-state index in [1.807, 2.05) is 6.20 Å². The first-order valence-electron chi connectivity index (χ1n) is 4.62. The van der Waals surface area contributed by atoms with E-state index in [1.165, 1.54) is 5.69 Å². The van der Waals surface area contributed by atoms with E-state index in [0.29, 0.717) is 12.3 Å². The van der Waals surface area contributed by atoms with Gasteiger partial charge in [0.15, 0.2) is 0 Å². The first-order chi connectivity index (χ1) is 6.22. The van der Waals surface area contributed by atoms with Crippen LogP contribution >= 0.6 is 0 Å². The van der Waals surface area contributed by atoms with E-state index in [-0.39, 0.29) is 0 Å². The second-order valence-electron chi connectivity index (χ2n) is 3.61. The fraction of sp³-hybridized carbons (Fsp3) is 0.600. The molecule has 0 aliphatic carbocycles. The van der Waals surface area contributed by atoms with Gasteiger partial charge < -0.3 is 4.98 Å². The van der Waals surface area contributed by atoms with Crippen LogP contribution in [0.2, 0.25) is 0 Å². The van der Waals surface area contributed by atoms with E-state index in [4.69, 9.17) is 5.26 Å². The number of imidazole rings is 1. The van der Waals surface area contributed by atoms with E-state index in [0.717, 1.165) is 18.7 Å². The summed E-state index contributed by atoms with van der Waals surface area (Å²) in [5.74, 6) is 1.57. The Morgan fingerprint density at radius 1 is 1.62 bits per heavy atom. The fourth-order valence-corrected chi connectivity index (χ4v) is 1.25. The fourth-order valence-electron chi connectivity index (χ4n) is 1.25. The lowest BCUT2D eigenvalue weighted by Gasteiger charge is -1.99. The Bertz CT molecular complexity index is 293. The predicted octanol–water partition coefficient (Wildman–Crippen LogP) is 2.06. The largest absolute Gasteiger partial charge is 0.346 e. The zero-order valence-electron chi connectivity index (χ0n) is 8.17. The first kappa shape index (κ1) is 9.79. The number of aromatic nitrogens is 2. The molecule has 1 aromatic rings. The summed E-state index contributed by atoms with van der Waals surface area (Å²) in [5, 5.41) is 8.39. The number of nitriles is 1. The van der Waals surface area contributed by atoms with Crippen molar-refractivity contribution in [1.82, 2.24) is 9.97 Å². The second-order valence-corrected chi connectivity index (χ2v) is 3.61. The standard InChI is InChI=1S/C10H15N3/c1-8(2)6-9-7-12-10(13-9)4-3-5-11/h7-8H,3-4,6H2,1-2H3,(H,12,13). The van der Waals surface area contributed by atoms with Crippen LogP contribution in [0.15, 0.2) is 6.20 Å². The first-order valence-corrected chi connectivity index (χ1v) is 4.62. The molecule has 0 atom stereocenters. The highest BCUT2D eigenvalue weighted by Crippen LogP contribution is 2.06. The smallest absolute Gasteiger partial charge is 0.107 e. The summed E-state index contributed by atoms with van der Waals surface area (Å²) in [5.41, 5.74) is 1.17. The van der Waals surface area contributed by atoms with Gasteiger partial charge >= 0.3 is 0 Å². The van der Waals surface area contributed by atoms with E-state index < -0.39 is 0 Å². The Hall–Kier alpha value is -1.30. The summed E-state index contributed by atoms with van der Waals surface area (Å²) in [6, 6.07) is 2.11. The summed E-state index contributed by atoms with van der Waals surface area (Å²) in [6.07, 6.45) is 4.16. The molecule has 0 saturated heterocycles. The molecule has 0 spiro atoms. The van der Waals surface area contributed by atoms with Crippen LogP contribution in [0.4, 0.5) is 0 Å². The van der Waals surface area contributed by atoms with Crippen molar-refractivity contribution in [1.29, 1.82) is 5.26 Å². The molecule has 1 aromatic heterocycles. The van der Waals surface area contributed by atoms with E-state index in [9.17, 15) is 0 Å². The molecule has 3 nitrogen and oxygen atoms in total. The number of nitrogens with one attached hydrogen (secondary N) is 1. The van der Waals surface area contributed by atoms with Crippen molar-refractivity contribution in [3.05, 3.63) is 17.7 Å². The third kappa shape index (κ3) is 3.29. The highest BCUT2D eigenvalue weighted by molar-refractivity contribution is 5.02. The summed E-state index contributed by atoms with van der Waals surface area (Å²) in [7, 11) is 0. The Morgan fingerprint density at radius 2 is 2.38 bits per heavy atom. The van der Waals surface area contributed by atoms with Gasteiger partial charge in [-0.25, -0.2) is 4.98 Å². The summed E-state index contributed by atoms with van der Waals surface area (Å²) < 4.78 is 0. The van der Waals surface area contributed by atoms with Crippen molar-refractivity contribution in [2.24, 2.45) is 5.92 Å². The van der Waals surface area contributed by atoms with Crippen LogP contribution in [0.5, 0.6) is 0 Å². The lowest BCUT2D eigenvalue weighted by molar-refractivity contribution is 0.636. The average Bonchev–Trinajstić information content (AvgIpc) is 2.48. The van der Waals surface area contributed by atoms with Gasteiger partial charge in [0.05, 0.1) is 6.07 Å². The molecule has 0 fully saturated rings. The van der Waals surface area contributed by atoms with Gasteiger partial charge in [-0.1, -0.05) is 13.8 Å². The summed E-state index contributed by atoms with van der Waals surface area (Å²) in [6.45, 7) is 4.35. The number of rotatable bonds is 4. The van der Waals surface area contributed by atoms with Gasteiger partial charge in [-0.2, -0.15) is 5.26 Å². The van der Waals surface area contributed by atoms with Crippen molar-refractivity contribution in [2.75, 3.05) is 0 Å². The predicted molar refractivity (Wildman–Crippen MR) is 51.1 cm³/mol. The number of H-pyrrole nitrogens is 1. The monoisotopic (exact) mass is 177 g/mol. The van der Waals surface area contributed by atoms with Crippen molar-refractivity contribution in [3.8, 4) is 6.07 Å². The molecule has 3 heteroatoms. The minimum absolute atomic E-state index is 0.536. The number of aromatic amines is 1. The maximum absolute atomic E-state index is 8.39. The highest BCUT2D eigenvalue weighted by atomic mass is 14.9. The minimum atomic E-state index is 0.536. The molecule has 0 bridgehead atoms. The third-order valence-corrected chi connectivity index (χ3v) is 1.78. The molecule has 0 amide bonds. The SMILES string of the molecule is CC(C)Cc1cnc(CCC#N)[nH]1. The van der Waals surface area contributed by atoms with Crippen LogP contribution < -0.4 is 0 Å². The highest BCUT2D eigenvalue weighted by Gasteiger charge is 2.02. The normalized spacial score (nSPS) is 10.3. The van der Waals surface area contributed by atoms with Crippen LogP contribution in [0.3, 0.4) is 0 Å². The molecule has 0 aromatic carbocycles. The molecule has 13 heavy (non-hydrogen) atoms. The third-order valence-electron chi connectivity index (χ3n) is 1.78. The van der Waals surface area contributed by atoms with Crippen LogP contribution in [0, 0.1) is 17.2 Å². The number of nitrogens with zero attached hydrogens (tertiary/aromatic N) is 2. The molecule has 1 heterocycles. The van der Waals surface area contributed by atoms with Gasteiger partial charge in [0.1, 0.15) is 5.82 Å². The minimum Gasteiger partial charge on any atom is -0.346 e. The zero-order chi connectivity index (χ0) is 9.68. The Morgan fingerprint density at radius 3 is 3.00 bits per heavy atom. The van der Waals surface area contributed by atoms with Crippen LogP contribution in [-0.4, -0.2) is 9.97 Å². The molecular weight excluding hydrogens is 162 g/mol. The molecule has 0 aliphatic heterocycles. The lowest BCUT2D eigenvalue weighted by Crippen LogP contribution is -1.94. The average molecular weight is 177 g/mol. The molecule has 1 N–H and O–H groups in total. The molecule has 0 saturated carbocycles. The summed E-state index contributed by atoms with van der Waals surface area (Å²) in [4.78, 5) is 7.42. The van der Waals surface area contributed by atoms with Gasteiger partial charge in [-0.15, -0.1) is 0 Å². The van der Waals surface area contributed by atoms with Gasteiger partial charge in [0.25, 0.3) is 0 Å². The van der Waals surface area contributed by atoms with Crippen molar-refractivity contribution in [3.63, 3.8) is 0 Å². The molecule has 1 rings (SSSR count). The number of hydrogen-bond donors (Lipinski definition) is 1. The number of aryl methyl sites for hydroxylation is 1. The quantitative estimate of drug-likeness (QED) is 0.765. The van der Waals surface area contributed by atoms with Gasteiger partial charge in [-0.05, 0) is 12.3 Å². The molecule has 0 radical (unpaired) electrons. The molecule has 70 valence electrons. The Labute approximate surface area is 78.8 Å². The maximum Gasteiger partial charge on any atom is 0.107 e. The van der Waals surface area contributed by atoms with E-state index in [1.54, 1.807) is 0 Å². The van der Waals surface area contributed by atoms with Crippen LogP contribution in [0.25, 0.3) is 0 Å². The number of hydrogen-bond acceptors (Lipinski definition) is 2. The summed E-state index contributed by atoms with van der Waals surface area (Å²) >= 11 is 0. The van der Waals surface area contributed by atoms with Gasteiger partial charge in [0, 0.05) is 24.7 Å². The van der Waals surface area contributed by atoms with E-state index in [2.05, 4.69) is 29.9 Å².